The van der Waals surface area contributed by atoms with Crippen molar-refractivity contribution in [1.29, 1.82) is 0 Å². The molecule has 0 radical (unpaired) electrons. The van der Waals surface area contributed by atoms with Crippen LogP contribution < -0.4 is 20.7 Å². The average molecular weight is 311 g/mol. The number of benzene rings is 1. The van der Waals surface area contributed by atoms with Crippen LogP contribution in [0, 0.1) is 0 Å². The quantitative estimate of drug-likeness (QED) is 0.513. The molecule has 7 nitrogen and oxygen atoms in total. The molecule has 0 fully saturated rings. The molecular weight excluding hydrogens is 294 g/mol. The molecule has 0 aromatic heterocycles. The first-order chi connectivity index (χ1) is 10.0. The predicted molar refractivity (Wildman–Crippen MR) is 82.2 cm³/mol. The van der Waals surface area contributed by atoms with Gasteiger partial charge in [-0.25, -0.2) is 0 Å². The summed E-state index contributed by atoms with van der Waals surface area (Å²) < 4.78 is 9.49. The highest BCUT2D eigenvalue weighted by Crippen LogP contribution is 2.16. The van der Waals surface area contributed by atoms with E-state index in [0.717, 1.165) is 5.69 Å². The van der Waals surface area contributed by atoms with Crippen LogP contribution in [0.1, 0.15) is 0 Å². The second kappa shape index (κ2) is 8.75. The highest BCUT2D eigenvalue weighted by Gasteiger charge is 2.06. The lowest BCUT2D eigenvalue weighted by Crippen LogP contribution is -2.40. The van der Waals surface area contributed by atoms with E-state index < -0.39 is 5.97 Å². The number of ether oxygens (including phenoxy) is 2. The maximum Gasteiger partial charge on any atom is 0.325 e. The Morgan fingerprint density at radius 2 is 1.95 bits per heavy atom. The number of esters is 1. The van der Waals surface area contributed by atoms with Gasteiger partial charge in [0.2, 0.25) is 5.91 Å². The van der Waals surface area contributed by atoms with Crippen LogP contribution in [0.25, 0.3) is 0 Å². The molecule has 0 bridgehead atoms. The van der Waals surface area contributed by atoms with Gasteiger partial charge < -0.3 is 25.4 Å². The number of rotatable bonds is 6. The number of thiocarbonyl (C=S) groups is 1. The van der Waals surface area contributed by atoms with Crippen molar-refractivity contribution >= 4 is 34.9 Å². The molecule has 0 spiro atoms. The molecule has 0 aliphatic rings. The fraction of sp³-hybridized carbons (Fsp3) is 0.308. The van der Waals surface area contributed by atoms with E-state index in [0.29, 0.717) is 5.75 Å². The molecule has 0 atom stereocenters. The normalized spacial score (nSPS) is 9.43. The van der Waals surface area contributed by atoms with Crippen LogP contribution >= 0.6 is 12.2 Å². The summed E-state index contributed by atoms with van der Waals surface area (Å²) in [6, 6.07) is 7.20. The minimum Gasteiger partial charge on any atom is -0.497 e. The summed E-state index contributed by atoms with van der Waals surface area (Å²) >= 11 is 5.06. The molecule has 8 heteroatoms. The van der Waals surface area contributed by atoms with Crippen molar-refractivity contribution in [2.45, 2.75) is 0 Å². The predicted octanol–water partition coefficient (Wildman–Crippen LogP) is 0.271. The van der Waals surface area contributed by atoms with Crippen molar-refractivity contribution in [2.75, 3.05) is 32.6 Å². The molecule has 1 aromatic carbocycles. The van der Waals surface area contributed by atoms with Crippen LogP contribution in [0.15, 0.2) is 24.3 Å². The zero-order valence-electron chi connectivity index (χ0n) is 11.8. The van der Waals surface area contributed by atoms with Gasteiger partial charge in [0.1, 0.15) is 12.3 Å². The van der Waals surface area contributed by atoms with Crippen LogP contribution in [-0.2, 0) is 14.3 Å². The first-order valence-corrected chi connectivity index (χ1v) is 6.48. The molecule has 114 valence electrons. The Balaban J connectivity index is 2.33. The average Bonchev–Trinajstić information content (AvgIpc) is 2.50. The fourth-order valence-electron chi connectivity index (χ4n) is 1.34. The second-order valence-corrected chi connectivity index (χ2v) is 4.30. The van der Waals surface area contributed by atoms with Gasteiger partial charge in [-0.15, -0.1) is 0 Å². The van der Waals surface area contributed by atoms with Gasteiger partial charge in [-0.05, 0) is 24.4 Å². The van der Waals surface area contributed by atoms with Gasteiger partial charge in [0, 0.05) is 11.8 Å². The third kappa shape index (κ3) is 6.57. The molecule has 21 heavy (non-hydrogen) atoms. The molecule has 0 aliphatic heterocycles. The van der Waals surface area contributed by atoms with Crippen molar-refractivity contribution in [3.63, 3.8) is 0 Å². The molecular formula is C13H17N3O4S. The maximum absolute atomic E-state index is 11.4. The number of nitrogens with one attached hydrogen (secondary N) is 3. The first kappa shape index (κ1) is 16.7. The van der Waals surface area contributed by atoms with Gasteiger partial charge in [-0.1, -0.05) is 6.07 Å². The topological polar surface area (TPSA) is 88.7 Å². The van der Waals surface area contributed by atoms with Crippen molar-refractivity contribution in [2.24, 2.45) is 0 Å². The van der Waals surface area contributed by atoms with Crippen LogP contribution in [0.2, 0.25) is 0 Å². The zero-order chi connectivity index (χ0) is 15.7. The lowest BCUT2D eigenvalue weighted by Gasteiger charge is -2.11. The number of hydrogen-bond acceptors (Lipinski definition) is 5. The summed E-state index contributed by atoms with van der Waals surface area (Å²) in [5.74, 6) is -0.186. The minimum atomic E-state index is -0.513. The van der Waals surface area contributed by atoms with Crippen molar-refractivity contribution in [3.8, 4) is 5.75 Å². The van der Waals surface area contributed by atoms with E-state index in [-0.39, 0.29) is 24.1 Å². The lowest BCUT2D eigenvalue weighted by molar-refractivity contribution is -0.141. The van der Waals surface area contributed by atoms with Gasteiger partial charge >= 0.3 is 5.97 Å². The van der Waals surface area contributed by atoms with E-state index in [2.05, 4.69) is 20.7 Å². The monoisotopic (exact) mass is 311 g/mol. The minimum absolute atomic E-state index is 0.0488. The molecule has 1 amide bonds. The molecule has 0 unspecified atom stereocenters. The molecule has 0 saturated heterocycles. The van der Waals surface area contributed by atoms with Gasteiger partial charge in [0.15, 0.2) is 5.11 Å². The van der Waals surface area contributed by atoms with Crippen LogP contribution in [0.5, 0.6) is 5.75 Å². The molecule has 0 heterocycles. The summed E-state index contributed by atoms with van der Waals surface area (Å²) in [4.78, 5) is 22.3. The number of carbonyl (C=O) groups excluding carboxylic acids is 2. The Morgan fingerprint density at radius 1 is 1.19 bits per heavy atom. The summed E-state index contributed by atoms with van der Waals surface area (Å²) in [6.45, 7) is -0.222. The van der Waals surface area contributed by atoms with E-state index in [1.54, 1.807) is 13.2 Å². The Morgan fingerprint density at radius 3 is 2.62 bits per heavy atom. The number of carbonyl (C=O) groups is 2. The van der Waals surface area contributed by atoms with Crippen molar-refractivity contribution < 1.29 is 19.1 Å². The summed E-state index contributed by atoms with van der Waals surface area (Å²) in [6.07, 6.45) is 0. The van der Waals surface area contributed by atoms with Gasteiger partial charge in [-0.3, -0.25) is 9.59 Å². The molecule has 1 rings (SSSR count). The lowest BCUT2D eigenvalue weighted by atomic mass is 10.3. The number of amides is 1. The summed E-state index contributed by atoms with van der Waals surface area (Å²) in [5.41, 5.74) is 0.738. The largest absolute Gasteiger partial charge is 0.497 e. The molecule has 1 aromatic rings. The SMILES string of the molecule is COC(=O)CNC(=O)CNC(=S)Nc1cccc(OC)c1. The van der Waals surface area contributed by atoms with Crippen molar-refractivity contribution in [3.05, 3.63) is 24.3 Å². The molecule has 0 saturated carbocycles. The Labute approximate surface area is 128 Å². The fourth-order valence-corrected chi connectivity index (χ4v) is 1.53. The van der Waals surface area contributed by atoms with Gasteiger partial charge in [-0.2, -0.15) is 0 Å². The smallest absolute Gasteiger partial charge is 0.325 e. The highest BCUT2D eigenvalue weighted by molar-refractivity contribution is 7.80. The van der Waals surface area contributed by atoms with Crippen LogP contribution in [0.3, 0.4) is 0 Å². The van der Waals surface area contributed by atoms with Crippen molar-refractivity contribution in [1.82, 2.24) is 10.6 Å². The standard InChI is InChI=1S/C13H17N3O4S/c1-19-10-5-3-4-9(6-10)16-13(21)15-7-11(17)14-8-12(18)20-2/h3-6H,7-8H2,1-2H3,(H,14,17)(H2,15,16,21). The van der Waals surface area contributed by atoms with E-state index in [9.17, 15) is 9.59 Å². The van der Waals surface area contributed by atoms with Gasteiger partial charge in [0.25, 0.3) is 0 Å². The third-order valence-corrected chi connectivity index (χ3v) is 2.64. The van der Waals surface area contributed by atoms with E-state index in [1.807, 2.05) is 18.2 Å². The first-order valence-electron chi connectivity index (χ1n) is 6.07. The third-order valence-electron chi connectivity index (χ3n) is 2.39. The number of anilines is 1. The number of hydrogen-bond donors (Lipinski definition) is 3. The zero-order valence-corrected chi connectivity index (χ0v) is 12.6. The van der Waals surface area contributed by atoms with Gasteiger partial charge in [0.05, 0.1) is 20.8 Å². The summed E-state index contributed by atoms with van der Waals surface area (Å²) in [7, 11) is 2.82. The maximum atomic E-state index is 11.4. The Bertz CT molecular complexity index is 522. The second-order valence-electron chi connectivity index (χ2n) is 3.89. The van der Waals surface area contributed by atoms with Crippen LogP contribution in [-0.4, -0.2) is 44.3 Å². The Kier molecular flexibility index (Phi) is 6.96. The molecule has 3 N–H and O–H groups in total. The summed E-state index contributed by atoms with van der Waals surface area (Å²) in [5, 5.41) is 8.32. The molecule has 0 aliphatic carbocycles. The Hall–Kier alpha value is -2.35. The van der Waals surface area contributed by atoms with E-state index in [4.69, 9.17) is 17.0 Å². The number of methoxy groups -OCH3 is 2. The van der Waals surface area contributed by atoms with E-state index in [1.165, 1.54) is 7.11 Å². The van der Waals surface area contributed by atoms with Crippen LogP contribution in [0.4, 0.5) is 5.69 Å². The highest BCUT2D eigenvalue weighted by atomic mass is 32.1. The van der Waals surface area contributed by atoms with E-state index >= 15 is 0 Å².